The zero-order valence-electron chi connectivity index (χ0n) is 10.7. The Morgan fingerprint density at radius 2 is 0.870 bits per heavy atom. The van der Waals surface area contributed by atoms with Gasteiger partial charge in [0, 0.05) is 11.1 Å². The Morgan fingerprint density at radius 3 is 1.22 bits per heavy atom. The van der Waals surface area contributed by atoms with Crippen molar-refractivity contribution >= 4 is 0 Å². The normalized spacial score (nSPS) is 20.0. The summed E-state index contributed by atoms with van der Waals surface area (Å²) >= 11 is 0. The number of ether oxygens (including phenoxy) is 1. The number of halogens is 8. The van der Waals surface area contributed by atoms with Gasteiger partial charge in [-0.05, 0) is 12.1 Å². The van der Waals surface area contributed by atoms with E-state index >= 15 is 0 Å². The summed E-state index contributed by atoms with van der Waals surface area (Å²) in [7, 11) is 0. The number of epoxide rings is 1. The third-order valence-electron chi connectivity index (χ3n) is 3.37. The Bertz CT molecular complexity index is 752. The van der Waals surface area contributed by atoms with Crippen molar-refractivity contribution in [3.63, 3.8) is 0 Å². The molecular formula is C14H4F8O. The number of hydrogen-bond acceptors (Lipinski definition) is 1. The summed E-state index contributed by atoms with van der Waals surface area (Å²) in [5.74, 6) is -15.3. The van der Waals surface area contributed by atoms with Crippen LogP contribution in [0.25, 0.3) is 0 Å². The molecule has 1 aliphatic rings. The molecule has 0 aliphatic carbocycles. The third-order valence-corrected chi connectivity index (χ3v) is 3.37. The van der Waals surface area contributed by atoms with E-state index in [1.807, 2.05) is 0 Å². The van der Waals surface area contributed by atoms with Crippen LogP contribution in [-0.2, 0) is 4.74 Å². The molecule has 2 aromatic carbocycles. The predicted molar refractivity (Wildman–Crippen MR) is 59.1 cm³/mol. The minimum absolute atomic E-state index is 0.284. The van der Waals surface area contributed by atoms with Crippen LogP contribution in [0.4, 0.5) is 35.1 Å². The zero-order valence-corrected chi connectivity index (χ0v) is 10.7. The van der Waals surface area contributed by atoms with Crippen LogP contribution in [0.5, 0.6) is 0 Å². The van der Waals surface area contributed by atoms with Gasteiger partial charge in [0.1, 0.15) is 12.2 Å². The molecule has 0 aromatic heterocycles. The highest BCUT2D eigenvalue weighted by Gasteiger charge is 2.47. The smallest absolute Gasteiger partial charge is 0.197 e. The lowest BCUT2D eigenvalue weighted by Crippen LogP contribution is -2.03. The fourth-order valence-electron chi connectivity index (χ4n) is 2.18. The lowest BCUT2D eigenvalue weighted by Gasteiger charge is -2.05. The minimum atomic E-state index is -2.11. The topological polar surface area (TPSA) is 12.5 Å². The molecule has 1 heterocycles. The lowest BCUT2D eigenvalue weighted by atomic mass is 10.0. The second kappa shape index (κ2) is 5.19. The predicted octanol–water partition coefficient (Wildman–Crippen LogP) is 4.61. The summed E-state index contributed by atoms with van der Waals surface area (Å²) in [6.45, 7) is 0. The molecule has 1 aliphatic heterocycles. The molecule has 2 aromatic rings. The van der Waals surface area contributed by atoms with Gasteiger partial charge in [-0.1, -0.05) is 0 Å². The molecule has 0 saturated carbocycles. The summed E-state index contributed by atoms with van der Waals surface area (Å²) in [6.07, 6.45) is -3.00. The molecule has 122 valence electrons. The van der Waals surface area contributed by atoms with Gasteiger partial charge < -0.3 is 4.74 Å². The monoisotopic (exact) mass is 340 g/mol. The second-order valence-corrected chi connectivity index (χ2v) is 4.76. The number of benzene rings is 2. The van der Waals surface area contributed by atoms with Crippen LogP contribution < -0.4 is 0 Å². The standard InChI is InChI=1S/C14H4F8O/c15-5-1-3(7(17)11(21)9(5)19)13-14(23-13)4-2-6(16)10(20)12(22)8(4)18/h1-2,13-14H. The second-order valence-electron chi connectivity index (χ2n) is 4.76. The summed E-state index contributed by atoms with van der Waals surface area (Å²) in [4.78, 5) is 0. The molecule has 0 amide bonds. The number of hydrogen-bond donors (Lipinski definition) is 0. The van der Waals surface area contributed by atoms with Gasteiger partial charge in [-0.25, -0.2) is 35.1 Å². The quantitative estimate of drug-likeness (QED) is 0.337. The molecule has 2 atom stereocenters. The highest BCUT2D eigenvalue weighted by Crippen LogP contribution is 2.53. The van der Waals surface area contributed by atoms with E-state index in [2.05, 4.69) is 0 Å². The molecule has 2 unspecified atom stereocenters. The van der Waals surface area contributed by atoms with Crippen LogP contribution in [0.3, 0.4) is 0 Å². The molecule has 23 heavy (non-hydrogen) atoms. The van der Waals surface area contributed by atoms with Gasteiger partial charge in [-0.3, -0.25) is 0 Å². The van der Waals surface area contributed by atoms with Crippen molar-refractivity contribution in [2.24, 2.45) is 0 Å². The summed E-state index contributed by atoms with van der Waals surface area (Å²) in [5, 5.41) is 0. The Hall–Kier alpha value is -2.16. The Labute approximate surface area is 123 Å². The molecular weight excluding hydrogens is 336 g/mol. The van der Waals surface area contributed by atoms with Crippen molar-refractivity contribution in [2.75, 3.05) is 0 Å². The van der Waals surface area contributed by atoms with E-state index in [0.29, 0.717) is 0 Å². The van der Waals surface area contributed by atoms with Gasteiger partial charge in [0.15, 0.2) is 46.5 Å². The maximum Gasteiger partial charge on any atom is 0.197 e. The average Bonchev–Trinajstić information content (AvgIpc) is 3.30. The molecule has 1 saturated heterocycles. The molecule has 0 bridgehead atoms. The van der Waals surface area contributed by atoms with E-state index in [-0.39, 0.29) is 12.1 Å². The van der Waals surface area contributed by atoms with Crippen LogP contribution in [0.2, 0.25) is 0 Å². The minimum Gasteiger partial charge on any atom is -0.359 e. The van der Waals surface area contributed by atoms with Crippen molar-refractivity contribution in [2.45, 2.75) is 12.2 Å². The van der Waals surface area contributed by atoms with E-state index < -0.39 is 69.9 Å². The van der Waals surface area contributed by atoms with Crippen molar-refractivity contribution < 1.29 is 39.9 Å². The van der Waals surface area contributed by atoms with Gasteiger partial charge in [-0.15, -0.1) is 0 Å². The van der Waals surface area contributed by atoms with Crippen LogP contribution in [0.15, 0.2) is 12.1 Å². The van der Waals surface area contributed by atoms with E-state index in [1.54, 1.807) is 0 Å². The van der Waals surface area contributed by atoms with Gasteiger partial charge in [-0.2, -0.15) is 0 Å². The van der Waals surface area contributed by atoms with Crippen molar-refractivity contribution in [3.05, 3.63) is 69.8 Å². The van der Waals surface area contributed by atoms with Crippen LogP contribution in [0.1, 0.15) is 23.3 Å². The van der Waals surface area contributed by atoms with E-state index in [1.165, 1.54) is 0 Å². The maximum atomic E-state index is 13.6. The maximum absolute atomic E-state index is 13.6. The fraction of sp³-hybridized carbons (Fsp3) is 0.143. The molecule has 0 N–H and O–H groups in total. The lowest BCUT2D eigenvalue weighted by molar-refractivity contribution is 0.352. The average molecular weight is 340 g/mol. The Kier molecular flexibility index (Phi) is 3.55. The van der Waals surface area contributed by atoms with E-state index in [4.69, 9.17) is 4.74 Å². The van der Waals surface area contributed by atoms with Crippen LogP contribution in [0, 0.1) is 46.5 Å². The van der Waals surface area contributed by atoms with Gasteiger partial charge in [0.05, 0.1) is 0 Å². The first-order chi connectivity index (χ1) is 10.7. The first kappa shape index (κ1) is 15.7. The summed E-state index contributed by atoms with van der Waals surface area (Å²) < 4.78 is 110. The molecule has 9 heteroatoms. The first-order valence-corrected chi connectivity index (χ1v) is 6.05. The molecule has 1 nitrogen and oxygen atoms in total. The van der Waals surface area contributed by atoms with Crippen molar-refractivity contribution in [1.82, 2.24) is 0 Å². The molecule has 0 radical (unpaired) electrons. The Balaban J connectivity index is 2.01. The first-order valence-electron chi connectivity index (χ1n) is 6.05. The highest BCUT2D eigenvalue weighted by atomic mass is 19.2. The fourth-order valence-corrected chi connectivity index (χ4v) is 2.18. The van der Waals surface area contributed by atoms with Crippen LogP contribution >= 0.6 is 0 Å². The van der Waals surface area contributed by atoms with Gasteiger partial charge in [0.25, 0.3) is 0 Å². The molecule has 1 fully saturated rings. The Morgan fingerprint density at radius 1 is 0.522 bits per heavy atom. The number of rotatable bonds is 2. The van der Waals surface area contributed by atoms with Crippen LogP contribution in [-0.4, -0.2) is 0 Å². The molecule has 3 rings (SSSR count). The largest absolute Gasteiger partial charge is 0.359 e. The van der Waals surface area contributed by atoms with E-state index in [0.717, 1.165) is 0 Å². The van der Waals surface area contributed by atoms with Crippen molar-refractivity contribution in [1.29, 1.82) is 0 Å². The summed E-state index contributed by atoms with van der Waals surface area (Å²) in [5.41, 5.74) is -1.59. The third kappa shape index (κ3) is 2.35. The molecule has 0 spiro atoms. The zero-order chi connectivity index (χ0) is 17.0. The van der Waals surface area contributed by atoms with Gasteiger partial charge in [0.2, 0.25) is 0 Å². The van der Waals surface area contributed by atoms with E-state index in [9.17, 15) is 35.1 Å². The highest BCUT2D eigenvalue weighted by molar-refractivity contribution is 5.34. The van der Waals surface area contributed by atoms with Crippen molar-refractivity contribution in [3.8, 4) is 0 Å². The summed E-state index contributed by atoms with van der Waals surface area (Å²) in [6, 6.07) is 0.569. The SMILES string of the molecule is Fc1cc(C2OC2c2cc(F)c(F)c(F)c2F)c(F)c(F)c1F. The van der Waals surface area contributed by atoms with Gasteiger partial charge >= 0.3 is 0 Å².